The third kappa shape index (κ3) is 1.46. The van der Waals surface area contributed by atoms with E-state index >= 15 is 0 Å². The topological polar surface area (TPSA) is 38.9 Å². The minimum atomic E-state index is -0.0553. The van der Waals surface area contributed by atoms with Crippen LogP contribution in [0.2, 0.25) is 0 Å². The first-order valence-corrected chi connectivity index (χ1v) is 4.09. The summed E-state index contributed by atoms with van der Waals surface area (Å²) in [4.78, 5) is 3.78. The van der Waals surface area contributed by atoms with Crippen molar-refractivity contribution in [3.8, 4) is 0 Å². The highest BCUT2D eigenvalue weighted by Gasteiger charge is 2.00. The van der Waals surface area contributed by atoms with Crippen LogP contribution in [0.15, 0.2) is 27.7 Å². The van der Waals surface area contributed by atoms with Crippen molar-refractivity contribution in [1.82, 2.24) is 10.1 Å². The second-order valence-electron chi connectivity index (χ2n) is 2.10. The van der Waals surface area contributed by atoms with E-state index in [-0.39, 0.29) is 6.30 Å². The van der Waals surface area contributed by atoms with Gasteiger partial charge in [0.05, 0.1) is 6.42 Å². The Hall–Kier alpha value is -1.16. The van der Waals surface area contributed by atoms with Crippen molar-refractivity contribution < 1.29 is 5.89 Å². The highest BCUT2D eigenvalue weighted by Crippen LogP contribution is 2.09. The van der Waals surface area contributed by atoms with E-state index in [1.54, 1.807) is 11.3 Å². The number of thiophene rings is 1. The van der Waals surface area contributed by atoms with E-state index in [9.17, 15) is 0 Å². The van der Waals surface area contributed by atoms with Crippen LogP contribution in [-0.2, 0) is 6.42 Å². The molecular formula is C7H6N2OS. The zero-order valence-electron chi connectivity index (χ0n) is 6.65. The van der Waals surface area contributed by atoms with Crippen LogP contribution in [0.25, 0.3) is 0 Å². The molecule has 0 bridgehead atoms. The van der Waals surface area contributed by atoms with Gasteiger partial charge in [-0.15, -0.1) is 0 Å². The lowest BCUT2D eigenvalue weighted by molar-refractivity contribution is 0.384. The number of nitrogens with zero attached hydrogens (tertiary/aromatic N) is 2. The van der Waals surface area contributed by atoms with Gasteiger partial charge in [0.15, 0.2) is 6.30 Å². The van der Waals surface area contributed by atoms with Crippen molar-refractivity contribution in [1.29, 1.82) is 0 Å². The molecular weight excluding hydrogens is 160 g/mol. The highest BCUT2D eigenvalue weighted by atomic mass is 32.1. The predicted octanol–water partition coefficient (Wildman–Crippen LogP) is 1.72. The van der Waals surface area contributed by atoms with Gasteiger partial charge in [-0.05, 0) is 22.4 Å². The molecule has 2 aromatic heterocycles. The summed E-state index contributed by atoms with van der Waals surface area (Å²) >= 11 is 1.63. The van der Waals surface area contributed by atoms with Crippen molar-refractivity contribution in [2.24, 2.45) is 0 Å². The molecule has 0 atom stereocenters. The molecule has 0 unspecified atom stereocenters. The van der Waals surface area contributed by atoms with Gasteiger partial charge < -0.3 is 4.52 Å². The molecule has 4 heteroatoms. The maximum absolute atomic E-state index is 7.03. The summed E-state index contributed by atoms with van der Waals surface area (Å²) in [5, 5.41) is 7.40. The Bertz CT molecular complexity index is 357. The monoisotopic (exact) mass is 167 g/mol. The highest BCUT2D eigenvalue weighted by molar-refractivity contribution is 7.07. The van der Waals surface area contributed by atoms with Crippen LogP contribution < -0.4 is 0 Å². The van der Waals surface area contributed by atoms with E-state index in [4.69, 9.17) is 5.89 Å². The fraction of sp³-hybridized carbons (Fsp3) is 0.143. The molecule has 0 fully saturated rings. The Kier molecular flexibility index (Phi) is 1.41. The van der Waals surface area contributed by atoms with E-state index in [2.05, 4.69) is 10.1 Å². The molecule has 3 nitrogen and oxygen atoms in total. The number of aromatic nitrogens is 2. The van der Waals surface area contributed by atoms with Crippen LogP contribution in [0, 0.1) is 0 Å². The molecule has 0 spiro atoms. The van der Waals surface area contributed by atoms with Crippen LogP contribution >= 0.6 is 11.3 Å². The fourth-order valence-corrected chi connectivity index (χ4v) is 1.48. The van der Waals surface area contributed by atoms with Crippen molar-refractivity contribution in [3.05, 3.63) is 34.6 Å². The molecule has 0 N–H and O–H groups in total. The minimum Gasteiger partial charge on any atom is -0.339 e. The normalized spacial score (nSPS) is 11.5. The van der Waals surface area contributed by atoms with Gasteiger partial charge >= 0.3 is 0 Å². The molecule has 0 aliphatic carbocycles. The molecule has 0 saturated carbocycles. The first kappa shape index (κ1) is 5.49. The molecule has 0 aromatic carbocycles. The van der Waals surface area contributed by atoms with Gasteiger partial charge in [0.1, 0.15) is 1.37 Å². The zero-order chi connectivity index (χ0) is 8.39. The molecule has 0 amide bonds. The van der Waals surface area contributed by atoms with Crippen molar-refractivity contribution in [2.75, 3.05) is 0 Å². The van der Waals surface area contributed by atoms with Gasteiger partial charge in [0.2, 0.25) is 5.89 Å². The van der Waals surface area contributed by atoms with Crippen molar-refractivity contribution in [3.63, 3.8) is 0 Å². The molecule has 2 heterocycles. The molecule has 0 radical (unpaired) electrons. The number of rotatable bonds is 2. The second-order valence-corrected chi connectivity index (χ2v) is 2.88. The molecule has 11 heavy (non-hydrogen) atoms. The van der Waals surface area contributed by atoms with Crippen LogP contribution in [-0.4, -0.2) is 10.1 Å². The quantitative estimate of drug-likeness (QED) is 0.683. The maximum atomic E-state index is 7.03. The van der Waals surface area contributed by atoms with Gasteiger partial charge in [-0.25, -0.2) is 0 Å². The Morgan fingerprint density at radius 1 is 1.73 bits per heavy atom. The minimum absolute atomic E-state index is 0.0553. The van der Waals surface area contributed by atoms with Crippen LogP contribution in [0.5, 0.6) is 0 Å². The Morgan fingerprint density at radius 2 is 2.73 bits per heavy atom. The van der Waals surface area contributed by atoms with E-state index in [1.165, 1.54) is 0 Å². The summed E-state index contributed by atoms with van der Waals surface area (Å²) in [6.07, 6.45) is 0.565. The lowest BCUT2D eigenvalue weighted by Crippen LogP contribution is -1.83. The van der Waals surface area contributed by atoms with E-state index in [0.717, 1.165) is 5.56 Å². The SMILES string of the molecule is [2H]c1noc(Cc2ccsc2)n1. The average Bonchev–Trinajstić information content (AvgIpc) is 2.63. The summed E-state index contributed by atoms with van der Waals surface area (Å²) in [5.41, 5.74) is 1.14. The summed E-state index contributed by atoms with van der Waals surface area (Å²) in [6.45, 7) is 0. The van der Waals surface area contributed by atoms with Gasteiger partial charge in [0, 0.05) is 0 Å². The third-order valence-electron chi connectivity index (χ3n) is 1.30. The summed E-state index contributed by atoms with van der Waals surface area (Å²) in [5.74, 6) is 0.499. The predicted molar refractivity (Wildman–Crippen MR) is 41.4 cm³/mol. The first-order valence-electron chi connectivity index (χ1n) is 3.65. The molecule has 0 saturated heterocycles. The lowest BCUT2D eigenvalue weighted by Gasteiger charge is -1.86. The second kappa shape index (κ2) is 2.84. The molecule has 2 rings (SSSR count). The Morgan fingerprint density at radius 3 is 3.36 bits per heavy atom. The Labute approximate surface area is 69.1 Å². The first-order chi connectivity index (χ1) is 5.84. The van der Waals surface area contributed by atoms with Crippen molar-refractivity contribution >= 4 is 11.3 Å². The summed E-state index contributed by atoms with van der Waals surface area (Å²) < 4.78 is 11.8. The van der Waals surface area contributed by atoms with Gasteiger partial charge in [-0.1, -0.05) is 5.16 Å². The van der Waals surface area contributed by atoms with E-state index < -0.39 is 0 Å². The number of hydrogen-bond acceptors (Lipinski definition) is 4. The zero-order valence-corrected chi connectivity index (χ0v) is 6.47. The molecule has 0 aliphatic rings. The van der Waals surface area contributed by atoms with E-state index in [0.29, 0.717) is 12.3 Å². The lowest BCUT2D eigenvalue weighted by atomic mass is 10.2. The number of hydrogen-bond donors (Lipinski definition) is 0. The maximum Gasteiger partial charge on any atom is 0.230 e. The smallest absolute Gasteiger partial charge is 0.230 e. The van der Waals surface area contributed by atoms with Crippen LogP contribution in [0.1, 0.15) is 12.8 Å². The average molecular weight is 167 g/mol. The summed E-state index contributed by atoms with van der Waals surface area (Å²) in [6, 6.07) is 2.00. The fourth-order valence-electron chi connectivity index (χ4n) is 0.809. The standard InChI is InChI=1S/C7H6N2OS/c1-2-11-4-6(1)3-7-8-5-9-10-7/h1-2,4-5H,3H2/i5D. The van der Waals surface area contributed by atoms with Gasteiger partial charge in [-0.2, -0.15) is 16.3 Å². The largest absolute Gasteiger partial charge is 0.339 e. The molecule has 56 valence electrons. The van der Waals surface area contributed by atoms with Crippen LogP contribution in [0.3, 0.4) is 0 Å². The van der Waals surface area contributed by atoms with Gasteiger partial charge in [0.25, 0.3) is 0 Å². The summed E-state index contributed by atoms with van der Waals surface area (Å²) in [7, 11) is 0. The third-order valence-corrected chi connectivity index (χ3v) is 2.03. The van der Waals surface area contributed by atoms with E-state index in [1.807, 2.05) is 16.8 Å². The molecule has 0 aliphatic heterocycles. The van der Waals surface area contributed by atoms with Crippen molar-refractivity contribution in [2.45, 2.75) is 6.42 Å². The Balaban J connectivity index is 2.14. The van der Waals surface area contributed by atoms with Gasteiger partial charge in [-0.3, -0.25) is 0 Å². The van der Waals surface area contributed by atoms with Crippen LogP contribution in [0.4, 0.5) is 0 Å². The molecule has 2 aromatic rings.